The SMILES string of the molecule is CCOC(=O)c1ncoc1-c1ccnn1C. The number of rotatable bonds is 3. The van der Waals surface area contributed by atoms with Crippen molar-refractivity contribution in [1.82, 2.24) is 14.8 Å². The molecule has 2 aromatic heterocycles. The van der Waals surface area contributed by atoms with Crippen LogP contribution < -0.4 is 0 Å². The summed E-state index contributed by atoms with van der Waals surface area (Å²) in [6, 6.07) is 1.74. The van der Waals surface area contributed by atoms with E-state index in [1.807, 2.05) is 0 Å². The molecule has 0 amide bonds. The molecule has 6 heteroatoms. The molecular formula is C10H11N3O3. The molecule has 0 bridgehead atoms. The predicted octanol–water partition coefficient (Wildman–Crippen LogP) is 1.25. The second-order valence-corrected chi connectivity index (χ2v) is 3.09. The Morgan fingerprint density at radius 3 is 3.06 bits per heavy atom. The fourth-order valence-electron chi connectivity index (χ4n) is 1.37. The first kappa shape index (κ1) is 10.4. The number of carbonyl (C=O) groups excluding carboxylic acids is 1. The maximum Gasteiger partial charge on any atom is 0.361 e. The van der Waals surface area contributed by atoms with Crippen molar-refractivity contribution in [2.45, 2.75) is 6.92 Å². The average molecular weight is 221 g/mol. The summed E-state index contributed by atoms with van der Waals surface area (Å²) in [5.41, 5.74) is 0.853. The Morgan fingerprint density at radius 2 is 2.44 bits per heavy atom. The summed E-state index contributed by atoms with van der Waals surface area (Å²) in [7, 11) is 1.76. The zero-order valence-electron chi connectivity index (χ0n) is 9.01. The van der Waals surface area contributed by atoms with Crippen LogP contribution in [0.5, 0.6) is 0 Å². The first-order chi connectivity index (χ1) is 7.74. The molecule has 0 N–H and O–H groups in total. The Hall–Kier alpha value is -2.11. The van der Waals surface area contributed by atoms with E-state index in [4.69, 9.17) is 9.15 Å². The number of nitrogens with zero attached hydrogens (tertiary/aromatic N) is 3. The number of carbonyl (C=O) groups is 1. The van der Waals surface area contributed by atoms with E-state index in [2.05, 4.69) is 10.1 Å². The number of hydrogen-bond donors (Lipinski definition) is 0. The number of oxazole rings is 1. The third-order valence-electron chi connectivity index (χ3n) is 2.09. The summed E-state index contributed by atoms with van der Waals surface area (Å²) in [4.78, 5) is 15.4. The fourth-order valence-corrected chi connectivity index (χ4v) is 1.37. The molecule has 0 aliphatic rings. The minimum atomic E-state index is -0.493. The molecule has 2 rings (SSSR count). The standard InChI is InChI=1S/C10H11N3O3/c1-3-15-10(14)8-9(16-6-11-8)7-4-5-12-13(7)2/h4-6H,3H2,1-2H3. The smallest absolute Gasteiger partial charge is 0.361 e. The van der Waals surface area contributed by atoms with Crippen molar-refractivity contribution < 1.29 is 13.9 Å². The second-order valence-electron chi connectivity index (χ2n) is 3.09. The van der Waals surface area contributed by atoms with Crippen LogP contribution >= 0.6 is 0 Å². The molecule has 0 fully saturated rings. The highest BCUT2D eigenvalue weighted by atomic mass is 16.5. The molecule has 0 aliphatic carbocycles. The van der Waals surface area contributed by atoms with E-state index in [0.717, 1.165) is 0 Å². The molecule has 2 aromatic rings. The third kappa shape index (κ3) is 1.69. The van der Waals surface area contributed by atoms with Crippen molar-refractivity contribution in [3.05, 3.63) is 24.4 Å². The first-order valence-corrected chi connectivity index (χ1v) is 4.83. The van der Waals surface area contributed by atoms with Crippen LogP contribution in [-0.2, 0) is 11.8 Å². The second kappa shape index (κ2) is 4.18. The molecule has 0 aromatic carbocycles. The van der Waals surface area contributed by atoms with Crippen molar-refractivity contribution in [3.63, 3.8) is 0 Å². The molecular weight excluding hydrogens is 210 g/mol. The molecule has 6 nitrogen and oxygen atoms in total. The van der Waals surface area contributed by atoms with Crippen LogP contribution in [0.15, 0.2) is 23.1 Å². The highest BCUT2D eigenvalue weighted by molar-refractivity contribution is 5.93. The van der Waals surface area contributed by atoms with Gasteiger partial charge in [-0.05, 0) is 13.0 Å². The predicted molar refractivity (Wildman–Crippen MR) is 54.7 cm³/mol. The lowest BCUT2D eigenvalue weighted by atomic mass is 10.2. The van der Waals surface area contributed by atoms with Gasteiger partial charge in [0.15, 0.2) is 17.8 Å². The summed E-state index contributed by atoms with van der Waals surface area (Å²) in [6.45, 7) is 2.04. The number of hydrogen-bond acceptors (Lipinski definition) is 5. The number of aromatic nitrogens is 3. The fraction of sp³-hybridized carbons (Fsp3) is 0.300. The topological polar surface area (TPSA) is 70.2 Å². The van der Waals surface area contributed by atoms with Crippen LogP contribution in [0.3, 0.4) is 0 Å². The van der Waals surface area contributed by atoms with Gasteiger partial charge in [0, 0.05) is 13.2 Å². The zero-order valence-corrected chi connectivity index (χ0v) is 9.01. The van der Waals surface area contributed by atoms with Crippen LogP contribution in [0.4, 0.5) is 0 Å². The summed E-state index contributed by atoms with van der Waals surface area (Å²) >= 11 is 0. The van der Waals surface area contributed by atoms with Crippen LogP contribution in [0.1, 0.15) is 17.4 Å². The normalized spacial score (nSPS) is 10.4. The van der Waals surface area contributed by atoms with Crippen molar-refractivity contribution in [1.29, 1.82) is 0 Å². The van der Waals surface area contributed by atoms with E-state index in [0.29, 0.717) is 18.1 Å². The van der Waals surface area contributed by atoms with Gasteiger partial charge >= 0.3 is 5.97 Å². The molecule has 0 atom stereocenters. The van der Waals surface area contributed by atoms with E-state index in [9.17, 15) is 4.79 Å². The number of ether oxygens (including phenoxy) is 1. The van der Waals surface area contributed by atoms with Crippen LogP contribution in [0.2, 0.25) is 0 Å². The number of aryl methyl sites for hydroxylation is 1. The Labute approximate surface area is 91.8 Å². The largest absolute Gasteiger partial charge is 0.461 e. The van der Waals surface area contributed by atoms with Crippen molar-refractivity contribution in [2.75, 3.05) is 6.61 Å². The molecule has 0 saturated heterocycles. The lowest BCUT2D eigenvalue weighted by molar-refractivity contribution is 0.0520. The summed E-state index contributed by atoms with van der Waals surface area (Å²) in [6.07, 6.45) is 2.83. The minimum Gasteiger partial charge on any atom is -0.461 e. The van der Waals surface area contributed by atoms with Gasteiger partial charge in [0.05, 0.1) is 6.61 Å². The Bertz CT molecular complexity index is 501. The van der Waals surface area contributed by atoms with Crippen LogP contribution in [-0.4, -0.2) is 27.3 Å². The minimum absolute atomic E-state index is 0.172. The Kier molecular flexibility index (Phi) is 2.72. The van der Waals surface area contributed by atoms with Gasteiger partial charge in [0.1, 0.15) is 5.69 Å². The molecule has 0 saturated carbocycles. The van der Waals surface area contributed by atoms with Gasteiger partial charge in [-0.3, -0.25) is 4.68 Å². The van der Waals surface area contributed by atoms with E-state index < -0.39 is 5.97 Å². The molecule has 0 radical (unpaired) electrons. The van der Waals surface area contributed by atoms with Gasteiger partial charge in [-0.1, -0.05) is 0 Å². The molecule has 0 spiro atoms. The van der Waals surface area contributed by atoms with Gasteiger partial charge < -0.3 is 9.15 Å². The highest BCUT2D eigenvalue weighted by Gasteiger charge is 2.21. The lowest BCUT2D eigenvalue weighted by Crippen LogP contribution is -2.07. The van der Waals surface area contributed by atoms with Crippen molar-refractivity contribution >= 4 is 5.97 Å². The van der Waals surface area contributed by atoms with Gasteiger partial charge in [0.2, 0.25) is 0 Å². The molecule has 84 valence electrons. The number of esters is 1. The van der Waals surface area contributed by atoms with E-state index in [1.165, 1.54) is 6.39 Å². The van der Waals surface area contributed by atoms with Crippen LogP contribution in [0.25, 0.3) is 11.5 Å². The Morgan fingerprint density at radius 1 is 1.62 bits per heavy atom. The van der Waals surface area contributed by atoms with Gasteiger partial charge in [-0.15, -0.1) is 0 Å². The van der Waals surface area contributed by atoms with Gasteiger partial charge in [-0.25, -0.2) is 9.78 Å². The maximum absolute atomic E-state index is 11.6. The van der Waals surface area contributed by atoms with Gasteiger partial charge in [0.25, 0.3) is 0 Å². The maximum atomic E-state index is 11.6. The van der Waals surface area contributed by atoms with Gasteiger partial charge in [-0.2, -0.15) is 5.10 Å². The molecule has 16 heavy (non-hydrogen) atoms. The Balaban J connectivity index is 2.40. The lowest BCUT2D eigenvalue weighted by Gasteiger charge is -2.01. The molecule has 0 aliphatic heterocycles. The first-order valence-electron chi connectivity index (χ1n) is 4.83. The van der Waals surface area contributed by atoms with Crippen LogP contribution in [0, 0.1) is 0 Å². The molecule has 2 heterocycles. The van der Waals surface area contributed by atoms with E-state index in [1.54, 1.807) is 30.9 Å². The summed E-state index contributed by atoms with van der Waals surface area (Å²) < 4.78 is 11.7. The highest BCUT2D eigenvalue weighted by Crippen LogP contribution is 2.22. The average Bonchev–Trinajstić information content (AvgIpc) is 2.85. The monoisotopic (exact) mass is 221 g/mol. The zero-order chi connectivity index (χ0) is 11.5. The third-order valence-corrected chi connectivity index (χ3v) is 2.09. The van der Waals surface area contributed by atoms with E-state index in [-0.39, 0.29) is 5.69 Å². The summed E-state index contributed by atoms with van der Waals surface area (Å²) in [5, 5.41) is 4.00. The summed E-state index contributed by atoms with van der Waals surface area (Å²) in [5.74, 6) is -0.120. The molecule has 0 unspecified atom stereocenters. The van der Waals surface area contributed by atoms with E-state index >= 15 is 0 Å². The quantitative estimate of drug-likeness (QED) is 0.729. The van der Waals surface area contributed by atoms with Crippen molar-refractivity contribution in [3.8, 4) is 11.5 Å². The van der Waals surface area contributed by atoms with Crippen molar-refractivity contribution in [2.24, 2.45) is 7.05 Å².